The van der Waals surface area contributed by atoms with Gasteiger partial charge in [-0.25, -0.2) is 4.98 Å². The van der Waals surface area contributed by atoms with Gasteiger partial charge in [0, 0.05) is 9.86 Å². The average Bonchev–Trinajstić information content (AvgIpc) is 2.47. The van der Waals surface area contributed by atoms with E-state index in [2.05, 4.69) is 37.3 Å². The smallest absolute Gasteiger partial charge is 0.222 e. The molecule has 0 saturated carbocycles. The summed E-state index contributed by atoms with van der Waals surface area (Å²) >= 11 is 3.40. The van der Waals surface area contributed by atoms with Gasteiger partial charge in [0.2, 0.25) is 5.95 Å². The molecule has 2 aromatic carbocycles. The van der Waals surface area contributed by atoms with Gasteiger partial charge in [-0.1, -0.05) is 28.1 Å². The van der Waals surface area contributed by atoms with Gasteiger partial charge in [0.15, 0.2) is 0 Å². The minimum absolute atomic E-state index is 0.185. The number of nitrogens with zero attached hydrogens (tertiary/aromatic N) is 3. The molecule has 0 aliphatic rings. The van der Waals surface area contributed by atoms with Crippen LogP contribution in [0, 0.1) is 11.3 Å². The number of hydrogen-bond acceptors (Lipinski definition) is 5. The van der Waals surface area contributed by atoms with Crippen LogP contribution in [0.5, 0.6) is 0 Å². The molecule has 0 atom stereocenters. The van der Waals surface area contributed by atoms with Gasteiger partial charge in [-0.05, 0) is 30.3 Å². The van der Waals surface area contributed by atoms with Crippen molar-refractivity contribution < 1.29 is 0 Å². The molecular formula is C15H10BrN5. The van der Waals surface area contributed by atoms with Gasteiger partial charge in [-0.2, -0.15) is 10.2 Å². The third-order valence-electron chi connectivity index (χ3n) is 2.98. The zero-order valence-electron chi connectivity index (χ0n) is 10.8. The maximum absolute atomic E-state index is 9.19. The van der Waals surface area contributed by atoms with Crippen LogP contribution in [-0.2, 0) is 0 Å². The first kappa shape index (κ1) is 13.3. The minimum Gasteiger partial charge on any atom is -0.368 e. The number of rotatable bonds is 2. The maximum Gasteiger partial charge on any atom is 0.222 e. The number of aromatic nitrogens is 2. The lowest BCUT2D eigenvalue weighted by atomic mass is 10.2. The molecule has 5 nitrogen and oxygen atoms in total. The molecule has 0 unspecified atom stereocenters. The lowest BCUT2D eigenvalue weighted by molar-refractivity contribution is 1.23. The number of nitrogen functional groups attached to an aromatic ring is 1. The van der Waals surface area contributed by atoms with E-state index in [-0.39, 0.29) is 5.95 Å². The molecule has 3 rings (SSSR count). The zero-order chi connectivity index (χ0) is 14.8. The summed E-state index contributed by atoms with van der Waals surface area (Å²) in [5.41, 5.74) is 7.68. The Labute approximate surface area is 129 Å². The summed E-state index contributed by atoms with van der Waals surface area (Å²) in [5, 5.41) is 13.2. The van der Waals surface area contributed by atoms with E-state index in [1.165, 1.54) is 0 Å². The van der Waals surface area contributed by atoms with Crippen LogP contribution in [0.1, 0.15) is 5.56 Å². The van der Waals surface area contributed by atoms with E-state index in [0.717, 1.165) is 15.4 Å². The highest BCUT2D eigenvalue weighted by Crippen LogP contribution is 2.28. The van der Waals surface area contributed by atoms with E-state index >= 15 is 0 Å². The number of halogens is 1. The van der Waals surface area contributed by atoms with Crippen LogP contribution in [0.4, 0.5) is 17.5 Å². The fourth-order valence-corrected chi connectivity index (χ4v) is 2.40. The van der Waals surface area contributed by atoms with Gasteiger partial charge < -0.3 is 11.1 Å². The molecule has 0 radical (unpaired) electrons. The largest absolute Gasteiger partial charge is 0.368 e. The number of para-hydroxylation sites is 1. The highest BCUT2D eigenvalue weighted by atomic mass is 79.9. The molecule has 0 bridgehead atoms. The van der Waals surface area contributed by atoms with Crippen molar-refractivity contribution in [3.63, 3.8) is 0 Å². The van der Waals surface area contributed by atoms with Crippen molar-refractivity contribution in [2.45, 2.75) is 0 Å². The first-order valence-corrected chi connectivity index (χ1v) is 6.95. The third kappa shape index (κ3) is 2.64. The third-order valence-corrected chi connectivity index (χ3v) is 3.47. The Balaban J connectivity index is 2.15. The Morgan fingerprint density at radius 2 is 1.95 bits per heavy atom. The molecule has 6 heteroatoms. The predicted molar refractivity (Wildman–Crippen MR) is 86.1 cm³/mol. The molecule has 0 fully saturated rings. The minimum atomic E-state index is 0.185. The Morgan fingerprint density at radius 3 is 2.76 bits per heavy atom. The molecule has 0 aliphatic heterocycles. The highest BCUT2D eigenvalue weighted by molar-refractivity contribution is 9.10. The highest BCUT2D eigenvalue weighted by Gasteiger charge is 2.09. The average molecular weight is 340 g/mol. The van der Waals surface area contributed by atoms with Crippen LogP contribution in [0.15, 0.2) is 46.9 Å². The summed E-state index contributed by atoms with van der Waals surface area (Å²) in [4.78, 5) is 8.42. The van der Waals surface area contributed by atoms with Crippen molar-refractivity contribution in [2.24, 2.45) is 0 Å². The summed E-state index contributed by atoms with van der Waals surface area (Å²) < 4.78 is 0.871. The van der Waals surface area contributed by atoms with E-state index in [0.29, 0.717) is 17.1 Å². The van der Waals surface area contributed by atoms with Crippen LogP contribution in [-0.4, -0.2) is 9.97 Å². The van der Waals surface area contributed by atoms with Gasteiger partial charge in [0.1, 0.15) is 11.9 Å². The Morgan fingerprint density at radius 1 is 1.14 bits per heavy atom. The number of fused-ring (bicyclic) bond motifs is 1. The van der Waals surface area contributed by atoms with Gasteiger partial charge in [-0.15, -0.1) is 0 Å². The van der Waals surface area contributed by atoms with Crippen LogP contribution in [0.2, 0.25) is 0 Å². The van der Waals surface area contributed by atoms with Crippen LogP contribution < -0.4 is 11.1 Å². The van der Waals surface area contributed by atoms with E-state index in [4.69, 9.17) is 5.73 Å². The number of benzene rings is 2. The second-order valence-corrected chi connectivity index (χ2v) is 5.29. The maximum atomic E-state index is 9.19. The Bertz CT molecular complexity index is 870. The molecule has 3 aromatic rings. The van der Waals surface area contributed by atoms with Crippen LogP contribution >= 0.6 is 15.9 Å². The van der Waals surface area contributed by atoms with Crippen molar-refractivity contribution in [2.75, 3.05) is 11.1 Å². The zero-order valence-corrected chi connectivity index (χ0v) is 12.4. The quantitative estimate of drug-likeness (QED) is 0.744. The molecule has 102 valence electrons. The van der Waals surface area contributed by atoms with Gasteiger partial charge in [0.05, 0.1) is 16.8 Å². The number of nitriles is 1. The van der Waals surface area contributed by atoms with E-state index in [1.807, 2.05) is 36.4 Å². The second kappa shape index (κ2) is 5.38. The summed E-state index contributed by atoms with van der Waals surface area (Å²) in [6.45, 7) is 0. The first-order valence-electron chi connectivity index (χ1n) is 6.16. The van der Waals surface area contributed by atoms with E-state index in [1.54, 1.807) is 6.07 Å². The molecule has 0 aliphatic carbocycles. The van der Waals surface area contributed by atoms with Crippen molar-refractivity contribution in [3.05, 3.63) is 52.5 Å². The number of hydrogen-bond donors (Lipinski definition) is 2. The molecule has 3 N–H and O–H groups in total. The fourth-order valence-electron chi connectivity index (χ4n) is 2.03. The normalized spacial score (nSPS) is 10.3. The summed E-state index contributed by atoms with van der Waals surface area (Å²) in [5.74, 6) is 0.761. The topological polar surface area (TPSA) is 87.6 Å². The molecule has 1 aromatic heterocycles. The van der Waals surface area contributed by atoms with Crippen molar-refractivity contribution in [3.8, 4) is 6.07 Å². The van der Waals surface area contributed by atoms with Gasteiger partial charge >= 0.3 is 0 Å². The van der Waals surface area contributed by atoms with E-state index in [9.17, 15) is 5.26 Å². The molecular weight excluding hydrogens is 330 g/mol. The van der Waals surface area contributed by atoms with Gasteiger partial charge in [0.25, 0.3) is 0 Å². The molecule has 0 spiro atoms. The Kier molecular flexibility index (Phi) is 3.42. The summed E-state index contributed by atoms with van der Waals surface area (Å²) in [6.07, 6.45) is 0. The molecule has 1 heterocycles. The lowest BCUT2D eigenvalue weighted by Gasteiger charge is -2.11. The van der Waals surface area contributed by atoms with Crippen molar-refractivity contribution >= 4 is 44.3 Å². The SMILES string of the molecule is N#Cc1ccc(Br)cc1Nc1nc(N)nc2ccccc12. The van der Waals surface area contributed by atoms with Crippen molar-refractivity contribution in [1.29, 1.82) is 5.26 Å². The predicted octanol–water partition coefficient (Wildman–Crippen LogP) is 3.59. The van der Waals surface area contributed by atoms with Crippen molar-refractivity contribution in [1.82, 2.24) is 9.97 Å². The fraction of sp³-hybridized carbons (Fsp3) is 0. The standard InChI is InChI=1S/C15H10BrN5/c16-10-6-5-9(8-17)13(7-10)19-14-11-3-1-2-4-12(11)20-15(18)21-14/h1-7H,(H3,18,19,20,21). The number of nitrogens with one attached hydrogen (secondary N) is 1. The lowest BCUT2D eigenvalue weighted by Crippen LogP contribution is -2.02. The number of nitrogens with two attached hydrogens (primary N) is 1. The number of anilines is 3. The van der Waals surface area contributed by atoms with Crippen LogP contribution in [0.25, 0.3) is 10.9 Å². The summed E-state index contributed by atoms with van der Waals surface area (Å²) in [7, 11) is 0. The van der Waals surface area contributed by atoms with Gasteiger partial charge in [-0.3, -0.25) is 0 Å². The summed E-state index contributed by atoms with van der Waals surface area (Å²) in [6, 6.07) is 15.1. The Hall–Kier alpha value is -2.65. The van der Waals surface area contributed by atoms with E-state index < -0.39 is 0 Å². The molecule has 21 heavy (non-hydrogen) atoms. The van der Waals surface area contributed by atoms with Crippen LogP contribution in [0.3, 0.4) is 0 Å². The first-order chi connectivity index (χ1) is 10.2. The second-order valence-electron chi connectivity index (χ2n) is 4.37. The molecule has 0 saturated heterocycles. The molecule has 0 amide bonds. The monoisotopic (exact) mass is 339 g/mol.